The molecule has 0 aromatic heterocycles. The zero-order chi connectivity index (χ0) is 17.8. The Hall–Kier alpha value is -2.79. The summed E-state index contributed by atoms with van der Waals surface area (Å²) in [5, 5.41) is 0. The molecule has 0 spiro atoms. The summed E-state index contributed by atoms with van der Waals surface area (Å²) in [5.41, 5.74) is 5.84. The van der Waals surface area contributed by atoms with Crippen LogP contribution in [0.1, 0.15) is 22.3 Å². The average molecular weight is 338 g/mol. The first-order valence-electron chi connectivity index (χ1n) is 8.21. The lowest BCUT2D eigenvalue weighted by Crippen LogP contribution is -2.19. The van der Waals surface area contributed by atoms with Crippen molar-refractivity contribution in [3.63, 3.8) is 0 Å². The summed E-state index contributed by atoms with van der Waals surface area (Å²) in [5.74, 6) is 5.19. The van der Waals surface area contributed by atoms with Gasteiger partial charge in [-0.25, -0.2) is 4.79 Å². The normalized spacial score (nSPS) is 13.2. The number of hydrogen-bond acceptors (Lipinski definition) is 5. The van der Waals surface area contributed by atoms with Gasteiger partial charge in [0.25, 0.3) is 0 Å². The maximum Gasteiger partial charge on any atom is 0.349 e. The van der Waals surface area contributed by atoms with Crippen molar-refractivity contribution < 1.29 is 14.4 Å². The molecule has 0 radical (unpaired) electrons. The number of nitrogens with two attached hydrogens (primary N) is 1. The number of carbonyl (C=O) groups is 1. The van der Waals surface area contributed by atoms with Crippen molar-refractivity contribution in [2.45, 2.75) is 19.9 Å². The van der Waals surface area contributed by atoms with E-state index in [9.17, 15) is 4.79 Å². The summed E-state index contributed by atoms with van der Waals surface area (Å²) in [6.45, 7) is 3.87. The SMILES string of the molecule is COc1cc(CN2CCc3cc(/C=C/C(=O)ON)ccc32)ccc1C. The van der Waals surface area contributed by atoms with E-state index in [0.717, 1.165) is 36.4 Å². The third-order valence-electron chi connectivity index (χ3n) is 4.47. The molecule has 25 heavy (non-hydrogen) atoms. The lowest BCUT2D eigenvalue weighted by Gasteiger charge is -2.20. The van der Waals surface area contributed by atoms with E-state index in [1.165, 1.54) is 22.9 Å². The highest BCUT2D eigenvalue weighted by molar-refractivity contribution is 5.87. The first-order valence-corrected chi connectivity index (χ1v) is 8.21. The Labute approximate surface area is 147 Å². The van der Waals surface area contributed by atoms with Crippen molar-refractivity contribution in [3.05, 3.63) is 64.7 Å². The molecule has 0 saturated heterocycles. The molecule has 1 aliphatic heterocycles. The fourth-order valence-corrected chi connectivity index (χ4v) is 3.14. The largest absolute Gasteiger partial charge is 0.496 e. The van der Waals surface area contributed by atoms with Gasteiger partial charge in [-0.1, -0.05) is 18.2 Å². The molecule has 1 heterocycles. The molecule has 3 rings (SSSR count). The van der Waals surface area contributed by atoms with E-state index in [4.69, 9.17) is 10.6 Å². The van der Waals surface area contributed by atoms with Gasteiger partial charge in [0, 0.05) is 24.9 Å². The molecule has 5 heteroatoms. The molecule has 2 aromatic rings. The summed E-state index contributed by atoms with van der Waals surface area (Å²) in [6.07, 6.45) is 4.03. The standard InChI is InChI=1S/C20H22N2O3/c1-14-3-4-16(12-19(14)24-2)13-22-10-9-17-11-15(5-7-18(17)22)6-8-20(23)25-21/h3-8,11-12H,9-10,13,21H2,1-2H3/b8-6+. The van der Waals surface area contributed by atoms with Crippen LogP contribution in [-0.4, -0.2) is 19.6 Å². The van der Waals surface area contributed by atoms with Gasteiger partial charge in [-0.05, 0) is 59.9 Å². The van der Waals surface area contributed by atoms with Crippen LogP contribution in [0.5, 0.6) is 5.75 Å². The van der Waals surface area contributed by atoms with Gasteiger partial charge in [-0.3, -0.25) is 0 Å². The molecule has 0 fully saturated rings. The van der Waals surface area contributed by atoms with Gasteiger partial charge in [-0.2, -0.15) is 5.90 Å². The molecule has 0 bridgehead atoms. The Bertz CT molecular complexity index is 815. The van der Waals surface area contributed by atoms with Crippen LogP contribution in [0.25, 0.3) is 6.08 Å². The van der Waals surface area contributed by atoms with Crippen LogP contribution < -0.4 is 15.5 Å². The van der Waals surface area contributed by atoms with Crippen LogP contribution in [0.2, 0.25) is 0 Å². The zero-order valence-corrected chi connectivity index (χ0v) is 14.5. The number of benzene rings is 2. The maximum absolute atomic E-state index is 11.1. The number of rotatable bonds is 5. The highest BCUT2D eigenvalue weighted by Gasteiger charge is 2.19. The van der Waals surface area contributed by atoms with E-state index < -0.39 is 5.97 Å². The average Bonchev–Trinajstić information content (AvgIpc) is 3.03. The van der Waals surface area contributed by atoms with Gasteiger partial charge in [0.2, 0.25) is 0 Å². The minimum atomic E-state index is -0.560. The molecular weight excluding hydrogens is 316 g/mol. The van der Waals surface area contributed by atoms with Crippen LogP contribution in [0.4, 0.5) is 5.69 Å². The van der Waals surface area contributed by atoms with Crippen molar-refractivity contribution in [1.82, 2.24) is 0 Å². The van der Waals surface area contributed by atoms with Crippen LogP contribution >= 0.6 is 0 Å². The number of carbonyl (C=O) groups excluding carboxylic acids is 1. The molecule has 2 N–H and O–H groups in total. The van der Waals surface area contributed by atoms with Crippen molar-refractivity contribution in [2.75, 3.05) is 18.6 Å². The van der Waals surface area contributed by atoms with Crippen LogP contribution in [0.3, 0.4) is 0 Å². The summed E-state index contributed by atoms with van der Waals surface area (Å²) in [4.78, 5) is 17.6. The van der Waals surface area contributed by atoms with Gasteiger partial charge < -0.3 is 14.5 Å². The van der Waals surface area contributed by atoms with Gasteiger partial charge in [0.1, 0.15) is 5.75 Å². The lowest BCUT2D eigenvalue weighted by atomic mass is 10.1. The fraction of sp³-hybridized carbons (Fsp3) is 0.250. The minimum absolute atomic E-state index is 0.560. The number of anilines is 1. The Morgan fingerprint density at radius 1 is 1.28 bits per heavy atom. The second-order valence-electron chi connectivity index (χ2n) is 6.13. The van der Waals surface area contributed by atoms with Gasteiger partial charge in [-0.15, -0.1) is 0 Å². The van der Waals surface area contributed by atoms with E-state index in [0.29, 0.717) is 0 Å². The van der Waals surface area contributed by atoms with Gasteiger partial charge in [0.05, 0.1) is 7.11 Å². The summed E-state index contributed by atoms with van der Waals surface area (Å²) in [7, 11) is 1.70. The fourth-order valence-electron chi connectivity index (χ4n) is 3.14. The summed E-state index contributed by atoms with van der Waals surface area (Å²) >= 11 is 0. The van der Waals surface area contributed by atoms with Crippen LogP contribution in [0.15, 0.2) is 42.5 Å². The monoisotopic (exact) mass is 338 g/mol. The molecule has 1 aliphatic rings. The van der Waals surface area contributed by atoms with Gasteiger partial charge >= 0.3 is 5.97 Å². The third kappa shape index (κ3) is 3.83. The summed E-state index contributed by atoms with van der Waals surface area (Å²) < 4.78 is 5.42. The number of nitrogens with zero attached hydrogens (tertiary/aromatic N) is 1. The summed E-state index contributed by atoms with van der Waals surface area (Å²) in [6, 6.07) is 12.5. The first-order chi connectivity index (χ1) is 12.1. The van der Waals surface area contributed by atoms with Crippen LogP contribution in [-0.2, 0) is 22.6 Å². The predicted molar refractivity (Wildman–Crippen MR) is 98.2 cm³/mol. The number of methoxy groups -OCH3 is 1. The minimum Gasteiger partial charge on any atom is -0.496 e. The van der Waals surface area contributed by atoms with E-state index in [-0.39, 0.29) is 0 Å². The van der Waals surface area contributed by atoms with E-state index in [2.05, 4.69) is 40.1 Å². The van der Waals surface area contributed by atoms with E-state index >= 15 is 0 Å². The third-order valence-corrected chi connectivity index (χ3v) is 4.47. The molecule has 130 valence electrons. The quantitative estimate of drug-likeness (QED) is 0.671. The predicted octanol–water partition coefficient (Wildman–Crippen LogP) is 3.00. The molecule has 0 atom stereocenters. The Kier molecular flexibility index (Phi) is 5.05. The molecule has 0 saturated carbocycles. The van der Waals surface area contributed by atoms with E-state index in [1.54, 1.807) is 13.2 Å². The molecule has 0 unspecified atom stereocenters. The molecular formula is C20H22N2O3. The molecule has 2 aromatic carbocycles. The highest BCUT2D eigenvalue weighted by Crippen LogP contribution is 2.31. The maximum atomic E-state index is 11.1. The van der Waals surface area contributed by atoms with Gasteiger partial charge in [0.15, 0.2) is 0 Å². The first kappa shape index (κ1) is 17.0. The van der Waals surface area contributed by atoms with E-state index in [1.807, 2.05) is 13.0 Å². The zero-order valence-electron chi connectivity index (χ0n) is 14.5. The van der Waals surface area contributed by atoms with Crippen molar-refractivity contribution >= 4 is 17.7 Å². The molecule has 0 amide bonds. The number of fused-ring (bicyclic) bond motifs is 1. The van der Waals surface area contributed by atoms with Crippen molar-refractivity contribution in [2.24, 2.45) is 5.90 Å². The number of aryl methyl sites for hydroxylation is 1. The second-order valence-corrected chi connectivity index (χ2v) is 6.13. The molecule has 0 aliphatic carbocycles. The number of hydrogen-bond donors (Lipinski definition) is 1. The molecule has 5 nitrogen and oxygen atoms in total. The topological polar surface area (TPSA) is 64.8 Å². The lowest BCUT2D eigenvalue weighted by molar-refractivity contribution is -0.138. The van der Waals surface area contributed by atoms with Crippen LogP contribution in [0, 0.1) is 6.92 Å². The Balaban J connectivity index is 1.76. The Morgan fingerprint density at radius 3 is 2.88 bits per heavy atom. The van der Waals surface area contributed by atoms with Crippen molar-refractivity contribution in [3.8, 4) is 5.75 Å². The smallest absolute Gasteiger partial charge is 0.349 e. The Morgan fingerprint density at radius 2 is 2.12 bits per heavy atom. The second kappa shape index (κ2) is 7.40. The number of ether oxygens (including phenoxy) is 1. The van der Waals surface area contributed by atoms with Crippen molar-refractivity contribution in [1.29, 1.82) is 0 Å². The highest BCUT2D eigenvalue weighted by atomic mass is 16.7.